The highest BCUT2D eigenvalue weighted by Gasteiger charge is 2.36. The number of rotatable bonds is 5. The normalized spacial score (nSPS) is 26.0. The summed E-state index contributed by atoms with van der Waals surface area (Å²) >= 11 is 0. The molecule has 0 radical (unpaired) electrons. The van der Waals surface area contributed by atoms with E-state index >= 15 is 0 Å². The molecule has 0 aromatic rings. The number of amides is 1. The van der Waals surface area contributed by atoms with Crippen molar-refractivity contribution in [2.24, 2.45) is 23.0 Å². The second-order valence-corrected chi connectivity index (χ2v) is 7.84. The zero-order valence-corrected chi connectivity index (χ0v) is 14.5. The van der Waals surface area contributed by atoms with Crippen LogP contribution < -0.4 is 11.1 Å². The predicted molar refractivity (Wildman–Crippen MR) is 87.1 cm³/mol. The van der Waals surface area contributed by atoms with E-state index in [4.69, 9.17) is 10.5 Å². The lowest BCUT2D eigenvalue weighted by Gasteiger charge is -2.41. The van der Waals surface area contributed by atoms with Crippen molar-refractivity contribution in [2.75, 3.05) is 13.1 Å². The molecule has 0 aliphatic heterocycles. The van der Waals surface area contributed by atoms with Crippen LogP contribution in [0.1, 0.15) is 66.7 Å². The molecule has 0 bridgehead atoms. The quantitative estimate of drug-likeness (QED) is 0.813. The molecule has 0 heterocycles. The summed E-state index contributed by atoms with van der Waals surface area (Å²) in [6.45, 7) is 11.3. The maximum absolute atomic E-state index is 11.8. The minimum absolute atomic E-state index is 0.0321. The van der Waals surface area contributed by atoms with Gasteiger partial charge in [0.25, 0.3) is 0 Å². The smallest absolute Gasteiger partial charge is 0.407 e. The van der Waals surface area contributed by atoms with Gasteiger partial charge in [0.1, 0.15) is 5.60 Å². The highest BCUT2D eigenvalue weighted by Crippen LogP contribution is 2.40. The Hall–Kier alpha value is -0.770. The maximum atomic E-state index is 11.8. The summed E-state index contributed by atoms with van der Waals surface area (Å²) in [5.41, 5.74) is 5.54. The van der Waals surface area contributed by atoms with Crippen LogP contribution in [0.5, 0.6) is 0 Å². The molecule has 0 aromatic heterocycles. The number of carbonyl (C=O) groups excluding carboxylic acids is 1. The second kappa shape index (κ2) is 7.48. The van der Waals surface area contributed by atoms with Crippen molar-refractivity contribution in [1.29, 1.82) is 0 Å². The van der Waals surface area contributed by atoms with Crippen molar-refractivity contribution in [3.8, 4) is 0 Å². The first-order valence-electron chi connectivity index (χ1n) is 8.37. The predicted octanol–water partition coefficient (Wildman–Crippen LogP) is 3.69. The molecule has 0 spiro atoms. The fourth-order valence-corrected chi connectivity index (χ4v) is 3.24. The molecule has 124 valence electrons. The van der Waals surface area contributed by atoms with E-state index in [2.05, 4.69) is 19.2 Å². The van der Waals surface area contributed by atoms with Gasteiger partial charge >= 0.3 is 6.09 Å². The Balaban J connectivity index is 2.50. The molecular weight excluding hydrogens is 264 g/mol. The van der Waals surface area contributed by atoms with Gasteiger partial charge in [0.15, 0.2) is 0 Å². The van der Waals surface area contributed by atoms with E-state index < -0.39 is 5.60 Å². The van der Waals surface area contributed by atoms with Crippen molar-refractivity contribution < 1.29 is 9.53 Å². The summed E-state index contributed by atoms with van der Waals surface area (Å²) in [6.07, 6.45) is 5.98. The number of hydrogen-bond donors (Lipinski definition) is 2. The highest BCUT2D eigenvalue weighted by molar-refractivity contribution is 5.67. The lowest BCUT2D eigenvalue weighted by atomic mass is 9.67. The van der Waals surface area contributed by atoms with Crippen LogP contribution in [-0.2, 0) is 4.74 Å². The number of nitrogens with one attached hydrogen (secondary N) is 1. The van der Waals surface area contributed by atoms with Crippen molar-refractivity contribution >= 4 is 6.09 Å². The third kappa shape index (κ3) is 5.85. The van der Waals surface area contributed by atoms with E-state index in [1.54, 1.807) is 0 Å². The molecule has 1 aliphatic carbocycles. The van der Waals surface area contributed by atoms with Gasteiger partial charge in [-0.3, -0.25) is 0 Å². The van der Waals surface area contributed by atoms with Crippen molar-refractivity contribution in [2.45, 2.75) is 72.3 Å². The third-order valence-corrected chi connectivity index (χ3v) is 4.91. The van der Waals surface area contributed by atoms with E-state index in [1.165, 1.54) is 32.1 Å². The molecule has 1 aliphatic rings. The molecule has 3 N–H and O–H groups in total. The lowest BCUT2D eigenvalue weighted by molar-refractivity contribution is 0.0462. The first kappa shape index (κ1) is 18.3. The molecule has 21 heavy (non-hydrogen) atoms. The molecular formula is C17H34N2O2. The van der Waals surface area contributed by atoms with Gasteiger partial charge < -0.3 is 15.8 Å². The van der Waals surface area contributed by atoms with Crippen LogP contribution in [0.3, 0.4) is 0 Å². The van der Waals surface area contributed by atoms with Crippen LogP contribution in [0, 0.1) is 17.3 Å². The Kier molecular flexibility index (Phi) is 6.51. The van der Waals surface area contributed by atoms with Crippen LogP contribution in [0.4, 0.5) is 4.79 Å². The van der Waals surface area contributed by atoms with E-state index in [9.17, 15) is 4.79 Å². The zero-order valence-electron chi connectivity index (χ0n) is 14.5. The van der Waals surface area contributed by atoms with Crippen LogP contribution in [0.25, 0.3) is 0 Å². The first-order valence-corrected chi connectivity index (χ1v) is 8.37. The van der Waals surface area contributed by atoms with E-state index in [-0.39, 0.29) is 11.5 Å². The van der Waals surface area contributed by atoms with Gasteiger partial charge in [-0.1, -0.05) is 33.1 Å². The third-order valence-electron chi connectivity index (χ3n) is 4.91. The summed E-state index contributed by atoms with van der Waals surface area (Å²) in [5.74, 6) is 1.47. The summed E-state index contributed by atoms with van der Waals surface area (Å²) < 4.78 is 5.31. The summed E-state index contributed by atoms with van der Waals surface area (Å²) in [6, 6.07) is 0. The molecule has 1 rings (SSSR count). The van der Waals surface area contributed by atoms with Crippen LogP contribution in [0.15, 0.2) is 0 Å². The summed E-state index contributed by atoms with van der Waals surface area (Å²) in [4.78, 5) is 11.8. The van der Waals surface area contributed by atoms with Gasteiger partial charge in [-0.15, -0.1) is 0 Å². The van der Waals surface area contributed by atoms with Gasteiger partial charge in [-0.05, 0) is 52.0 Å². The Morgan fingerprint density at radius 2 is 1.76 bits per heavy atom. The first-order chi connectivity index (χ1) is 9.70. The molecule has 1 saturated carbocycles. The van der Waals surface area contributed by atoms with E-state index in [0.717, 1.165) is 5.92 Å². The number of alkyl carbamates (subject to hydrolysis) is 1. The fourth-order valence-electron chi connectivity index (χ4n) is 3.24. The minimum Gasteiger partial charge on any atom is -0.444 e. The molecule has 0 aromatic carbocycles. The Morgan fingerprint density at radius 1 is 1.19 bits per heavy atom. The van der Waals surface area contributed by atoms with Crippen molar-refractivity contribution in [3.05, 3.63) is 0 Å². The molecule has 1 unspecified atom stereocenters. The van der Waals surface area contributed by atoms with Gasteiger partial charge in [-0.2, -0.15) is 0 Å². The number of carbonyl (C=O) groups is 1. The Bertz CT molecular complexity index is 330. The molecule has 1 atom stereocenters. The maximum Gasteiger partial charge on any atom is 0.407 e. The molecule has 1 amide bonds. The number of hydrogen-bond acceptors (Lipinski definition) is 3. The number of nitrogens with two attached hydrogens (primary N) is 1. The molecule has 1 fully saturated rings. The summed E-state index contributed by atoms with van der Waals surface area (Å²) in [7, 11) is 0. The van der Waals surface area contributed by atoms with E-state index in [1.807, 2.05) is 20.8 Å². The highest BCUT2D eigenvalue weighted by atomic mass is 16.6. The molecule has 4 nitrogen and oxygen atoms in total. The fraction of sp³-hybridized carbons (Fsp3) is 0.941. The van der Waals surface area contributed by atoms with Crippen molar-refractivity contribution in [3.63, 3.8) is 0 Å². The van der Waals surface area contributed by atoms with Crippen LogP contribution in [0.2, 0.25) is 0 Å². The van der Waals surface area contributed by atoms with Crippen LogP contribution >= 0.6 is 0 Å². The van der Waals surface area contributed by atoms with Gasteiger partial charge in [-0.25, -0.2) is 4.79 Å². The average Bonchev–Trinajstić information content (AvgIpc) is 2.43. The topological polar surface area (TPSA) is 64.3 Å². The second-order valence-electron chi connectivity index (χ2n) is 7.84. The molecule has 4 heteroatoms. The van der Waals surface area contributed by atoms with Crippen LogP contribution in [-0.4, -0.2) is 24.8 Å². The Morgan fingerprint density at radius 3 is 2.19 bits per heavy atom. The lowest BCUT2D eigenvalue weighted by Crippen LogP contribution is -2.47. The number of ether oxygens (including phenoxy) is 1. The van der Waals surface area contributed by atoms with E-state index in [0.29, 0.717) is 19.0 Å². The summed E-state index contributed by atoms with van der Waals surface area (Å²) in [5, 5.41) is 2.91. The average molecular weight is 298 g/mol. The zero-order chi connectivity index (χ0) is 16.1. The minimum atomic E-state index is -0.456. The van der Waals surface area contributed by atoms with Gasteiger partial charge in [0.2, 0.25) is 0 Å². The van der Waals surface area contributed by atoms with Gasteiger partial charge in [0.05, 0.1) is 0 Å². The monoisotopic (exact) mass is 298 g/mol. The Labute approximate surface area is 130 Å². The largest absolute Gasteiger partial charge is 0.444 e. The molecule has 0 saturated heterocycles. The van der Waals surface area contributed by atoms with Gasteiger partial charge in [0, 0.05) is 12.0 Å². The standard InChI is InChI=1S/C17H34N2O2/c1-6-13-7-9-14(10-8-13)17(5,11-18)12-19-15(20)21-16(2,3)4/h13-14H,6-12,18H2,1-5H3,(H,19,20). The SMILES string of the molecule is CCC1CCC(C(C)(CN)CNC(=O)OC(C)(C)C)CC1. The van der Waals surface area contributed by atoms with Crippen molar-refractivity contribution in [1.82, 2.24) is 5.32 Å².